The standard InChI is InChI=1S/C13H12Br2F3N3/c1-2-5-21-11(7-14)19-20-12(21)9-4-3-8(15)6-10(9)13(16,17)18/h3-4,6H,2,5,7H2,1H3. The van der Waals surface area contributed by atoms with Crippen LogP contribution in [0.4, 0.5) is 13.2 Å². The van der Waals surface area contributed by atoms with Crippen LogP contribution in [-0.4, -0.2) is 14.8 Å². The normalized spacial score (nSPS) is 11.9. The molecule has 0 radical (unpaired) electrons. The van der Waals surface area contributed by atoms with Gasteiger partial charge in [-0.2, -0.15) is 13.2 Å². The number of nitrogens with zero attached hydrogens (tertiary/aromatic N) is 3. The van der Waals surface area contributed by atoms with Crippen LogP contribution in [0, 0.1) is 0 Å². The average Bonchev–Trinajstić information content (AvgIpc) is 2.81. The van der Waals surface area contributed by atoms with E-state index >= 15 is 0 Å². The third-order valence-corrected chi connectivity index (χ3v) is 3.92. The van der Waals surface area contributed by atoms with Crippen molar-refractivity contribution in [3.8, 4) is 11.4 Å². The molecule has 0 amide bonds. The molecule has 8 heteroatoms. The van der Waals surface area contributed by atoms with Gasteiger partial charge in [-0.05, 0) is 24.6 Å². The molecule has 0 aliphatic heterocycles. The zero-order valence-electron chi connectivity index (χ0n) is 11.1. The minimum Gasteiger partial charge on any atom is -0.310 e. The summed E-state index contributed by atoms with van der Waals surface area (Å²) < 4.78 is 41.8. The summed E-state index contributed by atoms with van der Waals surface area (Å²) in [5.74, 6) is 0.856. The van der Waals surface area contributed by atoms with Gasteiger partial charge in [0.05, 0.1) is 10.9 Å². The van der Waals surface area contributed by atoms with Crippen molar-refractivity contribution < 1.29 is 13.2 Å². The fraction of sp³-hybridized carbons (Fsp3) is 0.385. The highest BCUT2D eigenvalue weighted by atomic mass is 79.9. The number of hydrogen-bond acceptors (Lipinski definition) is 2. The van der Waals surface area contributed by atoms with Gasteiger partial charge in [0, 0.05) is 16.6 Å². The van der Waals surface area contributed by atoms with Crippen LogP contribution in [0.5, 0.6) is 0 Å². The summed E-state index contributed by atoms with van der Waals surface area (Å²) in [5.41, 5.74) is -0.679. The second-order valence-electron chi connectivity index (χ2n) is 4.41. The SMILES string of the molecule is CCCn1c(CBr)nnc1-c1ccc(Br)cc1C(F)(F)F. The number of alkyl halides is 4. The lowest BCUT2D eigenvalue weighted by Gasteiger charge is -2.14. The van der Waals surface area contributed by atoms with E-state index in [1.54, 1.807) is 10.6 Å². The van der Waals surface area contributed by atoms with Crippen molar-refractivity contribution in [2.24, 2.45) is 0 Å². The second-order valence-corrected chi connectivity index (χ2v) is 5.89. The Labute approximate surface area is 136 Å². The lowest BCUT2D eigenvalue weighted by molar-refractivity contribution is -0.137. The highest BCUT2D eigenvalue weighted by molar-refractivity contribution is 9.10. The summed E-state index contributed by atoms with van der Waals surface area (Å²) in [5, 5.41) is 8.35. The molecule has 1 heterocycles. The van der Waals surface area contributed by atoms with E-state index in [9.17, 15) is 13.2 Å². The Hall–Kier alpha value is -0.890. The average molecular weight is 427 g/mol. The van der Waals surface area contributed by atoms with E-state index in [-0.39, 0.29) is 11.4 Å². The van der Waals surface area contributed by atoms with E-state index in [1.807, 2.05) is 6.92 Å². The monoisotopic (exact) mass is 425 g/mol. The molecule has 2 rings (SSSR count). The van der Waals surface area contributed by atoms with Crippen molar-refractivity contribution >= 4 is 31.9 Å². The molecular weight excluding hydrogens is 415 g/mol. The topological polar surface area (TPSA) is 30.7 Å². The molecule has 21 heavy (non-hydrogen) atoms. The molecule has 0 saturated heterocycles. The zero-order valence-corrected chi connectivity index (χ0v) is 14.3. The molecule has 0 N–H and O–H groups in total. The molecule has 3 nitrogen and oxygen atoms in total. The predicted octanol–water partition coefficient (Wildman–Crippen LogP) is 5.03. The highest BCUT2D eigenvalue weighted by Crippen LogP contribution is 2.38. The van der Waals surface area contributed by atoms with Crippen molar-refractivity contribution in [3.63, 3.8) is 0 Å². The van der Waals surface area contributed by atoms with Gasteiger partial charge in [0.2, 0.25) is 0 Å². The maximum Gasteiger partial charge on any atom is 0.417 e. The smallest absolute Gasteiger partial charge is 0.310 e. The number of aromatic nitrogens is 3. The van der Waals surface area contributed by atoms with Gasteiger partial charge in [-0.25, -0.2) is 0 Å². The number of hydrogen-bond donors (Lipinski definition) is 0. The minimum absolute atomic E-state index is 0.0406. The summed E-state index contributed by atoms with van der Waals surface area (Å²) in [6, 6.07) is 4.05. The maximum atomic E-state index is 13.2. The van der Waals surface area contributed by atoms with Crippen LogP contribution in [0.3, 0.4) is 0 Å². The Kier molecular flexibility index (Phi) is 5.08. The van der Waals surface area contributed by atoms with Gasteiger partial charge in [0.25, 0.3) is 0 Å². The second kappa shape index (κ2) is 6.48. The first kappa shape index (κ1) is 16.5. The van der Waals surface area contributed by atoms with Gasteiger partial charge in [0.1, 0.15) is 5.82 Å². The molecule has 0 spiro atoms. The van der Waals surface area contributed by atoms with Gasteiger partial charge in [-0.15, -0.1) is 10.2 Å². The Morgan fingerprint density at radius 2 is 1.95 bits per heavy atom. The fourth-order valence-corrected chi connectivity index (χ4v) is 2.81. The molecule has 0 aliphatic carbocycles. The van der Waals surface area contributed by atoms with Crippen LogP contribution < -0.4 is 0 Å². The van der Waals surface area contributed by atoms with Crippen molar-refractivity contribution in [1.29, 1.82) is 0 Å². The molecule has 0 fully saturated rings. The van der Waals surface area contributed by atoms with E-state index in [0.717, 1.165) is 12.5 Å². The van der Waals surface area contributed by atoms with Gasteiger partial charge < -0.3 is 4.57 Å². The Morgan fingerprint density at radius 3 is 2.52 bits per heavy atom. The van der Waals surface area contributed by atoms with Crippen LogP contribution in [-0.2, 0) is 18.1 Å². The lowest BCUT2D eigenvalue weighted by Crippen LogP contribution is -2.10. The Balaban J connectivity index is 2.65. The number of halogens is 5. The van der Waals surface area contributed by atoms with Gasteiger partial charge >= 0.3 is 6.18 Å². The fourth-order valence-electron chi connectivity index (χ4n) is 2.04. The van der Waals surface area contributed by atoms with Gasteiger partial charge in [-0.1, -0.05) is 38.8 Å². The molecule has 0 unspecified atom stereocenters. The first-order valence-electron chi connectivity index (χ1n) is 6.23. The quantitative estimate of drug-likeness (QED) is 0.642. The van der Waals surface area contributed by atoms with Crippen LogP contribution in [0.2, 0.25) is 0 Å². The number of benzene rings is 1. The third-order valence-electron chi connectivity index (χ3n) is 2.92. The maximum absolute atomic E-state index is 13.2. The number of rotatable bonds is 4. The van der Waals surface area contributed by atoms with E-state index in [4.69, 9.17) is 0 Å². The summed E-state index contributed by atoms with van der Waals surface area (Å²) in [7, 11) is 0. The van der Waals surface area contributed by atoms with Crippen molar-refractivity contribution in [3.05, 3.63) is 34.1 Å². The van der Waals surface area contributed by atoms with Crippen LogP contribution in [0.15, 0.2) is 22.7 Å². The molecule has 2 aromatic rings. The molecular formula is C13H12Br2F3N3. The van der Waals surface area contributed by atoms with Gasteiger partial charge in [0.15, 0.2) is 5.82 Å². The van der Waals surface area contributed by atoms with E-state index in [0.29, 0.717) is 22.2 Å². The van der Waals surface area contributed by atoms with Crippen LogP contribution >= 0.6 is 31.9 Å². The Morgan fingerprint density at radius 1 is 1.24 bits per heavy atom. The minimum atomic E-state index is -4.45. The van der Waals surface area contributed by atoms with Gasteiger partial charge in [-0.3, -0.25) is 0 Å². The van der Waals surface area contributed by atoms with E-state index < -0.39 is 11.7 Å². The molecule has 1 aromatic carbocycles. The third kappa shape index (κ3) is 3.48. The first-order valence-corrected chi connectivity index (χ1v) is 8.15. The van der Waals surface area contributed by atoms with Crippen molar-refractivity contribution in [1.82, 2.24) is 14.8 Å². The molecule has 114 valence electrons. The molecule has 1 aromatic heterocycles. The summed E-state index contributed by atoms with van der Waals surface area (Å²) in [4.78, 5) is 0. The largest absolute Gasteiger partial charge is 0.417 e. The summed E-state index contributed by atoms with van der Waals surface area (Å²) in [6.45, 7) is 2.52. The summed E-state index contributed by atoms with van der Waals surface area (Å²) in [6.07, 6.45) is -3.67. The molecule has 0 aliphatic rings. The zero-order chi connectivity index (χ0) is 15.6. The van der Waals surface area contributed by atoms with E-state index in [1.165, 1.54) is 6.07 Å². The molecule has 0 saturated carbocycles. The first-order chi connectivity index (χ1) is 9.88. The van der Waals surface area contributed by atoms with Crippen molar-refractivity contribution in [2.45, 2.75) is 31.4 Å². The predicted molar refractivity (Wildman–Crippen MR) is 81.1 cm³/mol. The van der Waals surface area contributed by atoms with E-state index in [2.05, 4.69) is 42.1 Å². The van der Waals surface area contributed by atoms with Crippen molar-refractivity contribution in [2.75, 3.05) is 0 Å². The highest BCUT2D eigenvalue weighted by Gasteiger charge is 2.35. The summed E-state index contributed by atoms with van der Waals surface area (Å²) >= 11 is 6.36. The molecule has 0 bridgehead atoms. The molecule has 0 atom stereocenters. The van der Waals surface area contributed by atoms with Crippen LogP contribution in [0.1, 0.15) is 24.7 Å². The Bertz CT molecular complexity index is 638. The lowest BCUT2D eigenvalue weighted by atomic mass is 10.1. The van der Waals surface area contributed by atoms with Crippen LogP contribution in [0.25, 0.3) is 11.4 Å².